The Morgan fingerprint density at radius 3 is 2.60 bits per heavy atom. The van der Waals surface area contributed by atoms with E-state index in [0.717, 1.165) is 15.7 Å². The molecule has 0 aromatic heterocycles. The summed E-state index contributed by atoms with van der Waals surface area (Å²) in [7, 11) is 0. The first kappa shape index (κ1) is 14.6. The molecule has 0 aliphatic carbocycles. The maximum atomic E-state index is 11.8. The van der Waals surface area contributed by atoms with Gasteiger partial charge in [-0.2, -0.15) is 0 Å². The van der Waals surface area contributed by atoms with Crippen LogP contribution in [-0.2, 0) is 4.79 Å². The van der Waals surface area contributed by atoms with Crippen LogP contribution in [0.2, 0.25) is 0 Å². The normalized spacial score (nSPS) is 10.2. The van der Waals surface area contributed by atoms with Crippen LogP contribution in [-0.4, -0.2) is 12.5 Å². The highest BCUT2D eigenvalue weighted by molar-refractivity contribution is 9.10. The third-order valence-corrected chi connectivity index (χ3v) is 3.69. The fourth-order valence-corrected chi connectivity index (χ4v) is 2.09. The first-order valence-corrected chi connectivity index (χ1v) is 7.10. The van der Waals surface area contributed by atoms with Gasteiger partial charge < -0.3 is 10.1 Å². The van der Waals surface area contributed by atoms with E-state index < -0.39 is 0 Å². The van der Waals surface area contributed by atoms with Gasteiger partial charge in [0.2, 0.25) is 0 Å². The summed E-state index contributed by atoms with van der Waals surface area (Å²) < 4.78 is 6.34. The lowest BCUT2D eigenvalue weighted by Crippen LogP contribution is -2.20. The summed E-state index contributed by atoms with van der Waals surface area (Å²) in [5.74, 6) is 0.519. The second-order valence-electron chi connectivity index (χ2n) is 4.56. The molecule has 1 N–H and O–H groups in total. The summed E-state index contributed by atoms with van der Waals surface area (Å²) in [6.07, 6.45) is 0. The van der Waals surface area contributed by atoms with Crippen molar-refractivity contribution in [2.24, 2.45) is 0 Å². The molecule has 0 saturated heterocycles. The molecule has 0 bridgehead atoms. The van der Waals surface area contributed by atoms with E-state index >= 15 is 0 Å². The van der Waals surface area contributed by atoms with E-state index in [1.807, 2.05) is 56.3 Å². The van der Waals surface area contributed by atoms with Crippen LogP contribution >= 0.6 is 15.9 Å². The molecule has 1 amide bonds. The Morgan fingerprint density at radius 1 is 1.15 bits per heavy atom. The summed E-state index contributed by atoms with van der Waals surface area (Å²) in [6, 6.07) is 13.2. The number of carbonyl (C=O) groups is 1. The van der Waals surface area contributed by atoms with Crippen LogP contribution in [0.15, 0.2) is 46.9 Å². The Kier molecular flexibility index (Phi) is 4.79. The molecule has 104 valence electrons. The van der Waals surface area contributed by atoms with Crippen molar-refractivity contribution in [3.63, 3.8) is 0 Å². The van der Waals surface area contributed by atoms with Crippen LogP contribution in [0.1, 0.15) is 11.1 Å². The average Bonchev–Trinajstić information content (AvgIpc) is 2.43. The highest BCUT2D eigenvalue weighted by Crippen LogP contribution is 2.21. The topological polar surface area (TPSA) is 38.3 Å². The van der Waals surface area contributed by atoms with E-state index in [4.69, 9.17) is 4.74 Å². The van der Waals surface area contributed by atoms with Gasteiger partial charge in [0.25, 0.3) is 5.91 Å². The zero-order chi connectivity index (χ0) is 14.5. The standard InChI is InChI=1S/C16H16BrNO2/c1-11-7-8-13(9-12(11)2)20-10-16(19)18-15-6-4-3-5-14(15)17/h3-9H,10H2,1-2H3,(H,18,19). The molecule has 0 atom stereocenters. The first-order valence-electron chi connectivity index (χ1n) is 6.30. The first-order chi connectivity index (χ1) is 9.56. The van der Waals surface area contributed by atoms with Crippen molar-refractivity contribution >= 4 is 27.5 Å². The number of amides is 1. The zero-order valence-electron chi connectivity index (χ0n) is 11.4. The van der Waals surface area contributed by atoms with E-state index in [0.29, 0.717) is 5.75 Å². The summed E-state index contributed by atoms with van der Waals surface area (Å²) in [5.41, 5.74) is 3.09. The fraction of sp³-hybridized carbons (Fsp3) is 0.188. The fourth-order valence-electron chi connectivity index (χ4n) is 1.70. The lowest BCUT2D eigenvalue weighted by atomic mass is 10.1. The number of halogens is 1. The highest BCUT2D eigenvalue weighted by atomic mass is 79.9. The van der Waals surface area contributed by atoms with Gasteiger partial charge in [-0.25, -0.2) is 0 Å². The quantitative estimate of drug-likeness (QED) is 0.915. The third-order valence-electron chi connectivity index (χ3n) is 3.00. The van der Waals surface area contributed by atoms with Gasteiger partial charge in [0.05, 0.1) is 5.69 Å². The number of hydrogen-bond donors (Lipinski definition) is 1. The molecule has 0 heterocycles. The van der Waals surface area contributed by atoms with Crippen LogP contribution in [0.4, 0.5) is 5.69 Å². The monoisotopic (exact) mass is 333 g/mol. The number of carbonyl (C=O) groups excluding carboxylic acids is 1. The van der Waals surface area contributed by atoms with Gasteiger partial charge >= 0.3 is 0 Å². The molecule has 3 nitrogen and oxygen atoms in total. The molecule has 0 spiro atoms. The molecule has 2 rings (SSSR count). The van der Waals surface area contributed by atoms with E-state index in [-0.39, 0.29) is 12.5 Å². The third kappa shape index (κ3) is 3.84. The van der Waals surface area contributed by atoms with Crippen molar-refractivity contribution in [1.29, 1.82) is 0 Å². The van der Waals surface area contributed by atoms with Crippen molar-refractivity contribution in [2.75, 3.05) is 11.9 Å². The summed E-state index contributed by atoms with van der Waals surface area (Å²) >= 11 is 3.38. The van der Waals surface area contributed by atoms with Gasteiger partial charge in [0, 0.05) is 4.47 Å². The molecule has 0 fully saturated rings. The predicted octanol–water partition coefficient (Wildman–Crippen LogP) is 4.08. The molecule has 2 aromatic rings. The van der Waals surface area contributed by atoms with Gasteiger partial charge in [0.1, 0.15) is 5.75 Å². The molecule has 0 aliphatic rings. The summed E-state index contributed by atoms with van der Waals surface area (Å²) in [5, 5.41) is 2.80. The maximum absolute atomic E-state index is 11.8. The molecule has 20 heavy (non-hydrogen) atoms. The van der Waals surface area contributed by atoms with Gasteiger partial charge in [-0.1, -0.05) is 18.2 Å². The maximum Gasteiger partial charge on any atom is 0.262 e. The number of para-hydroxylation sites is 1. The van der Waals surface area contributed by atoms with Crippen molar-refractivity contribution in [2.45, 2.75) is 13.8 Å². The summed E-state index contributed by atoms with van der Waals surface area (Å²) in [6.45, 7) is 4.05. The van der Waals surface area contributed by atoms with Crippen molar-refractivity contribution in [3.05, 3.63) is 58.1 Å². The summed E-state index contributed by atoms with van der Waals surface area (Å²) in [4.78, 5) is 11.8. The Balaban J connectivity index is 1.92. The Hall–Kier alpha value is -1.81. The lowest BCUT2D eigenvalue weighted by molar-refractivity contribution is -0.118. The molecule has 0 unspecified atom stereocenters. The minimum atomic E-state index is -0.185. The smallest absolute Gasteiger partial charge is 0.262 e. The molecule has 0 radical (unpaired) electrons. The van der Waals surface area contributed by atoms with Crippen molar-refractivity contribution in [3.8, 4) is 5.75 Å². The Labute approximate surface area is 127 Å². The number of hydrogen-bond acceptors (Lipinski definition) is 2. The molecule has 2 aromatic carbocycles. The highest BCUT2D eigenvalue weighted by Gasteiger charge is 2.06. The number of nitrogens with one attached hydrogen (secondary N) is 1. The molecule has 0 saturated carbocycles. The second-order valence-corrected chi connectivity index (χ2v) is 5.42. The van der Waals surface area contributed by atoms with Crippen LogP contribution < -0.4 is 10.1 Å². The van der Waals surface area contributed by atoms with E-state index in [2.05, 4.69) is 21.2 Å². The van der Waals surface area contributed by atoms with E-state index in [1.54, 1.807) is 0 Å². The Morgan fingerprint density at radius 2 is 1.90 bits per heavy atom. The van der Waals surface area contributed by atoms with Crippen molar-refractivity contribution < 1.29 is 9.53 Å². The van der Waals surface area contributed by atoms with Crippen LogP contribution in [0.3, 0.4) is 0 Å². The number of ether oxygens (including phenoxy) is 1. The second kappa shape index (κ2) is 6.57. The number of anilines is 1. The van der Waals surface area contributed by atoms with Crippen LogP contribution in [0.25, 0.3) is 0 Å². The van der Waals surface area contributed by atoms with Gasteiger partial charge in [-0.15, -0.1) is 0 Å². The van der Waals surface area contributed by atoms with Crippen LogP contribution in [0.5, 0.6) is 5.75 Å². The van der Waals surface area contributed by atoms with E-state index in [9.17, 15) is 4.79 Å². The predicted molar refractivity (Wildman–Crippen MR) is 84.2 cm³/mol. The zero-order valence-corrected chi connectivity index (χ0v) is 13.0. The molecule has 0 aliphatic heterocycles. The van der Waals surface area contributed by atoms with Crippen LogP contribution in [0, 0.1) is 13.8 Å². The molecular formula is C16H16BrNO2. The van der Waals surface area contributed by atoms with Gasteiger partial charge in [-0.05, 0) is 65.2 Å². The minimum Gasteiger partial charge on any atom is -0.484 e. The Bertz CT molecular complexity index is 626. The van der Waals surface area contributed by atoms with Gasteiger partial charge in [0.15, 0.2) is 6.61 Å². The number of aryl methyl sites for hydroxylation is 2. The SMILES string of the molecule is Cc1ccc(OCC(=O)Nc2ccccc2Br)cc1C. The minimum absolute atomic E-state index is 0.0101. The number of benzene rings is 2. The largest absolute Gasteiger partial charge is 0.484 e. The van der Waals surface area contributed by atoms with Gasteiger partial charge in [-0.3, -0.25) is 4.79 Å². The lowest BCUT2D eigenvalue weighted by Gasteiger charge is -2.10. The molecule has 4 heteroatoms. The van der Waals surface area contributed by atoms with Crippen molar-refractivity contribution in [1.82, 2.24) is 0 Å². The molecular weight excluding hydrogens is 318 g/mol. The number of rotatable bonds is 4. The van der Waals surface area contributed by atoms with E-state index in [1.165, 1.54) is 5.56 Å². The average molecular weight is 334 g/mol.